The summed E-state index contributed by atoms with van der Waals surface area (Å²) >= 11 is 0. The van der Waals surface area contributed by atoms with Gasteiger partial charge in [-0.15, -0.1) is 0 Å². The molecule has 0 radical (unpaired) electrons. The molecule has 0 spiro atoms. The van der Waals surface area contributed by atoms with Crippen LogP contribution in [0, 0.1) is 0 Å². The highest BCUT2D eigenvalue weighted by atomic mass is 28.4. The van der Waals surface area contributed by atoms with Crippen molar-refractivity contribution in [1.29, 1.82) is 0 Å². The van der Waals surface area contributed by atoms with E-state index in [1.54, 1.807) is 0 Å². The van der Waals surface area contributed by atoms with Crippen molar-refractivity contribution in [3.63, 3.8) is 0 Å². The number of unbranched alkanes of at least 4 members (excludes halogenated alkanes) is 11. The minimum absolute atomic E-state index is 0.00332. The Bertz CT molecular complexity index is 773. The maximum absolute atomic E-state index is 14.1. The Labute approximate surface area is 274 Å². The molecule has 0 N–H and O–H groups in total. The topological polar surface area (TPSA) is 44.8 Å². The number of carbonyl (C=O) groups is 1. The molecule has 43 heavy (non-hydrogen) atoms. The first kappa shape index (κ1) is 43.2. The summed E-state index contributed by atoms with van der Waals surface area (Å²) in [4.78, 5) is 14.1. The lowest BCUT2D eigenvalue weighted by Gasteiger charge is -2.45. The van der Waals surface area contributed by atoms with Gasteiger partial charge in [-0.3, -0.25) is 4.79 Å². The smallest absolute Gasteiger partial charge is 0.193 e. The largest absolute Gasteiger partial charge is 0.411 e. The molecular formula is C36H78O4Si3. The molecular weight excluding hydrogens is 581 g/mol. The zero-order chi connectivity index (χ0) is 33.8. The molecule has 0 heterocycles. The van der Waals surface area contributed by atoms with Crippen molar-refractivity contribution in [3.8, 4) is 0 Å². The van der Waals surface area contributed by atoms with E-state index < -0.39 is 31.1 Å². The Morgan fingerprint density at radius 2 is 0.884 bits per heavy atom. The van der Waals surface area contributed by atoms with Gasteiger partial charge in [-0.05, 0) is 60.8 Å². The second-order valence-corrected chi connectivity index (χ2v) is 32.2. The summed E-state index contributed by atoms with van der Waals surface area (Å²) in [5.41, 5.74) is 0. The predicted molar refractivity (Wildman–Crippen MR) is 198 cm³/mol. The zero-order valence-electron chi connectivity index (χ0n) is 32.2. The predicted octanol–water partition coefficient (Wildman–Crippen LogP) is 12.4. The second kappa shape index (κ2) is 18.5. The van der Waals surface area contributed by atoms with Gasteiger partial charge >= 0.3 is 0 Å². The molecule has 0 aliphatic heterocycles. The molecule has 0 aliphatic carbocycles. The van der Waals surface area contributed by atoms with E-state index in [0.717, 1.165) is 12.8 Å². The van der Waals surface area contributed by atoms with Gasteiger partial charge in [0.1, 0.15) is 6.10 Å². The van der Waals surface area contributed by atoms with Gasteiger partial charge in [-0.25, -0.2) is 0 Å². The number of carbonyl (C=O) groups excluding carboxylic acids is 1. The van der Waals surface area contributed by atoms with Crippen molar-refractivity contribution in [3.05, 3.63) is 0 Å². The molecule has 7 heteroatoms. The Morgan fingerprint density at radius 3 is 1.26 bits per heavy atom. The van der Waals surface area contributed by atoms with Crippen molar-refractivity contribution < 1.29 is 18.1 Å². The first-order valence-electron chi connectivity index (χ1n) is 17.9. The number of hydrogen-bond donors (Lipinski definition) is 0. The van der Waals surface area contributed by atoms with Crippen LogP contribution in [0.5, 0.6) is 0 Å². The van der Waals surface area contributed by atoms with Gasteiger partial charge in [0.05, 0.1) is 12.7 Å². The van der Waals surface area contributed by atoms with E-state index in [2.05, 4.69) is 109 Å². The first-order chi connectivity index (χ1) is 19.4. The molecule has 0 aromatic heterocycles. The van der Waals surface area contributed by atoms with Crippen LogP contribution in [0.25, 0.3) is 0 Å². The van der Waals surface area contributed by atoms with Crippen LogP contribution in [0.4, 0.5) is 0 Å². The van der Waals surface area contributed by atoms with Crippen LogP contribution in [-0.2, 0) is 18.1 Å². The summed E-state index contributed by atoms with van der Waals surface area (Å²) in [5.74, 6) is 0.0669. The van der Waals surface area contributed by atoms with Crippen molar-refractivity contribution in [2.24, 2.45) is 0 Å². The van der Waals surface area contributed by atoms with E-state index in [1.165, 1.54) is 70.6 Å². The van der Waals surface area contributed by atoms with Crippen LogP contribution in [0.3, 0.4) is 0 Å². The standard InChI is InChI=1S/C36H78O4Si3/c1-17-18-19-20-21-22-23-24-25-26-27-28-29-32(39-42(13,14)35(5,6)7)33(40-43(15,16)36(8,9)10)31(37)30-38-41(11,12)34(2,3)4/h32-33H,17-30H2,1-16H3/t32-,33-/m0/s1. The molecule has 0 aliphatic rings. The molecule has 0 aromatic carbocycles. The van der Waals surface area contributed by atoms with Gasteiger partial charge in [0.15, 0.2) is 30.7 Å². The van der Waals surface area contributed by atoms with Crippen molar-refractivity contribution in [2.75, 3.05) is 6.61 Å². The van der Waals surface area contributed by atoms with Crippen molar-refractivity contribution in [1.82, 2.24) is 0 Å². The molecule has 0 amide bonds. The molecule has 4 nitrogen and oxygen atoms in total. The third-order valence-electron chi connectivity index (χ3n) is 10.9. The fourth-order valence-electron chi connectivity index (χ4n) is 4.41. The molecule has 0 saturated carbocycles. The highest BCUT2D eigenvalue weighted by molar-refractivity contribution is 6.75. The molecule has 258 valence electrons. The van der Waals surface area contributed by atoms with Crippen LogP contribution in [0.15, 0.2) is 0 Å². The lowest BCUT2D eigenvalue weighted by Crippen LogP contribution is -2.55. The maximum Gasteiger partial charge on any atom is 0.193 e. The summed E-state index contributed by atoms with van der Waals surface area (Å²) in [6.45, 7) is 36.3. The summed E-state index contributed by atoms with van der Waals surface area (Å²) in [7, 11) is -6.46. The van der Waals surface area contributed by atoms with E-state index in [-0.39, 0.29) is 33.6 Å². The Balaban J connectivity index is 5.69. The van der Waals surface area contributed by atoms with Gasteiger partial charge in [0, 0.05) is 0 Å². The Hall–Kier alpha value is 0.201. The fourth-order valence-corrected chi connectivity index (χ4v) is 7.97. The second-order valence-electron chi connectivity index (χ2n) is 17.9. The van der Waals surface area contributed by atoms with Crippen molar-refractivity contribution >= 4 is 30.7 Å². The minimum Gasteiger partial charge on any atom is -0.411 e. The monoisotopic (exact) mass is 659 g/mol. The quantitative estimate of drug-likeness (QED) is 0.0857. The maximum atomic E-state index is 14.1. The van der Waals surface area contributed by atoms with Gasteiger partial charge in [-0.2, -0.15) is 0 Å². The minimum atomic E-state index is -2.24. The van der Waals surface area contributed by atoms with E-state index in [9.17, 15) is 4.79 Å². The highest BCUT2D eigenvalue weighted by Gasteiger charge is 2.47. The van der Waals surface area contributed by atoms with Gasteiger partial charge in [0.2, 0.25) is 0 Å². The molecule has 0 rings (SSSR count). The van der Waals surface area contributed by atoms with Crippen molar-refractivity contribution in [2.45, 2.75) is 219 Å². The number of Topliss-reactive ketones (excluding diaryl/α,β-unsaturated/α-hetero) is 1. The average Bonchev–Trinajstić information content (AvgIpc) is 2.83. The van der Waals surface area contributed by atoms with E-state index in [4.69, 9.17) is 13.3 Å². The molecule has 0 saturated heterocycles. The summed E-state index contributed by atoms with van der Waals surface area (Å²) in [6.07, 6.45) is 15.9. The number of ketones is 1. The van der Waals surface area contributed by atoms with E-state index >= 15 is 0 Å². The Morgan fingerprint density at radius 1 is 0.535 bits per heavy atom. The first-order valence-corrected chi connectivity index (χ1v) is 26.6. The molecule has 0 aromatic rings. The zero-order valence-corrected chi connectivity index (χ0v) is 35.2. The molecule has 0 fully saturated rings. The SMILES string of the molecule is CCCCCCCCCCCCCC[C@H](O[Si](C)(C)C(C)(C)C)[C@@H](O[Si](C)(C)C(C)(C)C)C(=O)CO[Si](C)(C)C(C)(C)C. The van der Waals surface area contributed by atoms with E-state index in [1.807, 2.05) is 0 Å². The summed E-state index contributed by atoms with van der Waals surface area (Å²) < 4.78 is 20.6. The fraction of sp³-hybridized carbons (Fsp3) is 0.972. The van der Waals surface area contributed by atoms with E-state index in [0.29, 0.717) is 0 Å². The number of rotatable bonds is 22. The summed E-state index contributed by atoms with van der Waals surface area (Å²) in [6, 6.07) is 0. The Kier molecular flexibility index (Phi) is 18.6. The molecule has 2 atom stereocenters. The van der Waals surface area contributed by atoms with Gasteiger partial charge in [-0.1, -0.05) is 146 Å². The van der Waals surface area contributed by atoms with Crippen LogP contribution < -0.4 is 0 Å². The normalized spacial score (nSPS) is 15.5. The van der Waals surface area contributed by atoms with Crippen LogP contribution >= 0.6 is 0 Å². The summed E-state index contributed by atoms with van der Waals surface area (Å²) in [5, 5.41) is 0.114. The lowest BCUT2D eigenvalue weighted by molar-refractivity contribution is -0.133. The average molecular weight is 659 g/mol. The lowest BCUT2D eigenvalue weighted by atomic mass is 10.0. The van der Waals surface area contributed by atoms with Crippen LogP contribution in [-0.4, -0.2) is 49.6 Å². The highest BCUT2D eigenvalue weighted by Crippen LogP contribution is 2.42. The molecule has 0 bridgehead atoms. The molecule has 0 unspecified atom stereocenters. The number of hydrogen-bond acceptors (Lipinski definition) is 4. The third kappa shape index (κ3) is 16.0. The van der Waals surface area contributed by atoms with Gasteiger partial charge in [0.25, 0.3) is 0 Å². The third-order valence-corrected chi connectivity index (χ3v) is 24.3. The van der Waals surface area contributed by atoms with Gasteiger partial charge < -0.3 is 13.3 Å². The van der Waals surface area contributed by atoms with Crippen LogP contribution in [0.1, 0.15) is 153 Å². The van der Waals surface area contributed by atoms with Crippen LogP contribution in [0.2, 0.25) is 54.4 Å².